The molecule has 110 valence electrons. The Balaban J connectivity index is 1.45. The Bertz CT molecular complexity index is 461. The Morgan fingerprint density at radius 3 is 3.05 bits per heavy atom. The van der Waals surface area contributed by atoms with E-state index < -0.39 is 0 Å². The zero-order valence-electron chi connectivity index (χ0n) is 11.5. The normalized spacial score (nSPS) is 21.1. The van der Waals surface area contributed by atoms with Crippen molar-refractivity contribution in [1.29, 1.82) is 0 Å². The summed E-state index contributed by atoms with van der Waals surface area (Å²) in [4.78, 5) is 0. The first-order valence-corrected chi connectivity index (χ1v) is 7.61. The maximum Gasteiger partial charge on any atom is 0.231 e. The summed E-state index contributed by atoms with van der Waals surface area (Å²) in [7, 11) is 0. The fourth-order valence-corrected chi connectivity index (χ4v) is 2.94. The topological polar surface area (TPSA) is 39.7 Å². The fourth-order valence-electron chi connectivity index (χ4n) is 2.65. The summed E-state index contributed by atoms with van der Waals surface area (Å²) in [6.45, 7) is 2.91. The second-order valence-electron chi connectivity index (χ2n) is 5.27. The van der Waals surface area contributed by atoms with E-state index in [-0.39, 0.29) is 6.79 Å². The zero-order valence-corrected chi connectivity index (χ0v) is 12.2. The van der Waals surface area contributed by atoms with Gasteiger partial charge in [-0.1, -0.05) is 11.6 Å². The van der Waals surface area contributed by atoms with Gasteiger partial charge in [0.25, 0.3) is 0 Å². The molecular weight excluding hydrogens is 278 g/mol. The summed E-state index contributed by atoms with van der Waals surface area (Å²) in [5, 5.41) is 4.05. The van der Waals surface area contributed by atoms with E-state index in [1.807, 2.05) is 12.1 Å². The molecule has 3 rings (SSSR count). The van der Waals surface area contributed by atoms with E-state index >= 15 is 0 Å². The van der Waals surface area contributed by atoms with Gasteiger partial charge in [-0.15, -0.1) is 0 Å². The zero-order chi connectivity index (χ0) is 13.8. The van der Waals surface area contributed by atoms with Crippen LogP contribution in [0.1, 0.15) is 31.2 Å². The second kappa shape index (κ2) is 6.66. The molecule has 0 radical (unpaired) electrons. The SMILES string of the molecule is Clc1cc(CNCCC2CCCCO2)cc2c1OCO2. The highest BCUT2D eigenvalue weighted by atomic mass is 35.5. The minimum atomic E-state index is 0.255. The minimum absolute atomic E-state index is 0.255. The summed E-state index contributed by atoms with van der Waals surface area (Å²) < 4.78 is 16.4. The number of ether oxygens (including phenoxy) is 3. The third-order valence-electron chi connectivity index (χ3n) is 3.73. The highest BCUT2D eigenvalue weighted by Gasteiger charge is 2.18. The lowest BCUT2D eigenvalue weighted by Crippen LogP contribution is -2.25. The molecule has 4 nitrogen and oxygen atoms in total. The molecule has 0 spiro atoms. The number of halogens is 1. The summed E-state index contributed by atoms with van der Waals surface area (Å²) in [5.41, 5.74) is 1.11. The lowest BCUT2D eigenvalue weighted by molar-refractivity contribution is 0.0115. The average Bonchev–Trinajstić information content (AvgIpc) is 2.94. The molecule has 1 N–H and O–H groups in total. The maximum atomic E-state index is 6.16. The van der Waals surface area contributed by atoms with Gasteiger partial charge in [0.2, 0.25) is 6.79 Å². The molecule has 20 heavy (non-hydrogen) atoms. The van der Waals surface area contributed by atoms with Crippen molar-refractivity contribution < 1.29 is 14.2 Å². The molecule has 2 aliphatic rings. The van der Waals surface area contributed by atoms with Crippen molar-refractivity contribution in [2.45, 2.75) is 38.3 Å². The fraction of sp³-hybridized carbons (Fsp3) is 0.600. The van der Waals surface area contributed by atoms with Crippen LogP contribution in [-0.2, 0) is 11.3 Å². The van der Waals surface area contributed by atoms with Crippen LogP contribution >= 0.6 is 11.6 Å². The molecule has 1 aromatic carbocycles. The van der Waals surface area contributed by atoms with Crippen LogP contribution in [0.25, 0.3) is 0 Å². The quantitative estimate of drug-likeness (QED) is 0.848. The molecule has 0 amide bonds. The molecule has 1 atom stereocenters. The first-order chi connectivity index (χ1) is 9.83. The molecule has 1 saturated heterocycles. The smallest absolute Gasteiger partial charge is 0.231 e. The Morgan fingerprint density at radius 2 is 2.20 bits per heavy atom. The van der Waals surface area contributed by atoms with Crippen LogP contribution in [0.3, 0.4) is 0 Å². The minimum Gasteiger partial charge on any atom is -0.454 e. The summed E-state index contributed by atoms with van der Waals surface area (Å²) in [6, 6.07) is 3.91. The monoisotopic (exact) mass is 297 g/mol. The van der Waals surface area contributed by atoms with Crippen LogP contribution in [0.5, 0.6) is 11.5 Å². The number of fused-ring (bicyclic) bond motifs is 1. The van der Waals surface area contributed by atoms with Gasteiger partial charge < -0.3 is 19.5 Å². The molecular formula is C15H20ClNO3. The molecule has 1 aromatic rings. The van der Waals surface area contributed by atoms with Crippen LogP contribution in [-0.4, -0.2) is 26.0 Å². The molecule has 1 unspecified atom stereocenters. The maximum absolute atomic E-state index is 6.16. The van der Waals surface area contributed by atoms with Crippen LogP contribution in [0.2, 0.25) is 5.02 Å². The lowest BCUT2D eigenvalue weighted by Gasteiger charge is -2.22. The van der Waals surface area contributed by atoms with Gasteiger partial charge in [0, 0.05) is 13.2 Å². The van der Waals surface area contributed by atoms with Gasteiger partial charge in [0.1, 0.15) is 0 Å². The van der Waals surface area contributed by atoms with Crippen molar-refractivity contribution in [3.8, 4) is 11.5 Å². The van der Waals surface area contributed by atoms with E-state index in [4.69, 9.17) is 25.8 Å². The van der Waals surface area contributed by atoms with Gasteiger partial charge in [0.05, 0.1) is 11.1 Å². The predicted molar refractivity (Wildman–Crippen MR) is 77.5 cm³/mol. The number of nitrogens with one attached hydrogen (secondary N) is 1. The Hall–Kier alpha value is -0.970. The Morgan fingerprint density at radius 1 is 1.25 bits per heavy atom. The highest BCUT2D eigenvalue weighted by molar-refractivity contribution is 6.32. The molecule has 1 fully saturated rings. The first kappa shape index (κ1) is 14.0. The summed E-state index contributed by atoms with van der Waals surface area (Å²) in [6.07, 6.45) is 5.19. The third kappa shape index (κ3) is 3.37. The van der Waals surface area contributed by atoms with Gasteiger partial charge in [-0.05, 0) is 49.9 Å². The number of benzene rings is 1. The van der Waals surface area contributed by atoms with Gasteiger partial charge in [-0.25, -0.2) is 0 Å². The summed E-state index contributed by atoms with van der Waals surface area (Å²) in [5.74, 6) is 1.40. The third-order valence-corrected chi connectivity index (χ3v) is 4.01. The average molecular weight is 298 g/mol. The van der Waals surface area contributed by atoms with Gasteiger partial charge in [0.15, 0.2) is 11.5 Å². The largest absolute Gasteiger partial charge is 0.454 e. The second-order valence-corrected chi connectivity index (χ2v) is 5.67. The number of hydrogen-bond acceptors (Lipinski definition) is 4. The summed E-state index contributed by atoms with van der Waals surface area (Å²) >= 11 is 6.16. The van der Waals surface area contributed by atoms with Gasteiger partial charge in [-0.3, -0.25) is 0 Å². The standard InChI is InChI=1S/C15H20ClNO3/c16-13-7-11(8-14-15(13)20-10-19-14)9-17-5-4-12-3-1-2-6-18-12/h7-8,12,17H,1-6,9-10H2. The van der Waals surface area contributed by atoms with E-state index in [1.165, 1.54) is 19.3 Å². The van der Waals surface area contributed by atoms with Crippen molar-refractivity contribution in [1.82, 2.24) is 5.32 Å². The van der Waals surface area contributed by atoms with Crippen molar-refractivity contribution in [2.75, 3.05) is 19.9 Å². The Kier molecular flexibility index (Phi) is 4.65. The van der Waals surface area contributed by atoms with E-state index in [2.05, 4.69) is 5.32 Å². The van der Waals surface area contributed by atoms with Crippen molar-refractivity contribution in [2.24, 2.45) is 0 Å². The first-order valence-electron chi connectivity index (χ1n) is 7.23. The van der Waals surface area contributed by atoms with E-state index in [1.54, 1.807) is 0 Å². The number of hydrogen-bond donors (Lipinski definition) is 1. The molecule has 0 bridgehead atoms. The molecule has 5 heteroatoms. The van der Waals surface area contributed by atoms with Crippen molar-refractivity contribution >= 4 is 11.6 Å². The molecule has 0 aliphatic carbocycles. The van der Waals surface area contributed by atoms with Crippen molar-refractivity contribution in [3.63, 3.8) is 0 Å². The molecule has 0 aromatic heterocycles. The van der Waals surface area contributed by atoms with Crippen LogP contribution < -0.4 is 14.8 Å². The predicted octanol–water partition coefficient (Wildman–Crippen LogP) is 3.12. The molecule has 2 aliphatic heterocycles. The van der Waals surface area contributed by atoms with E-state index in [9.17, 15) is 0 Å². The highest BCUT2D eigenvalue weighted by Crippen LogP contribution is 2.39. The molecule has 0 saturated carbocycles. The molecule has 2 heterocycles. The van der Waals surface area contributed by atoms with E-state index in [0.717, 1.165) is 37.4 Å². The van der Waals surface area contributed by atoms with Crippen LogP contribution in [0.4, 0.5) is 0 Å². The number of rotatable bonds is 5. The Labute approximate surface area is 124 Å². The van der Waals surface area contributed by atoms with Gasteiger partial charge >= 0.3 is 0 Å². The van der Waals surface area contributed by atoms with Gasteiger partial charge in [-0.2, -0.15) is 0 Å². The van der Waals surface area contributed by atoms with Crippen LogP contribution in [0.15, 0.2) is 12.1 Å². The van der Waals surface area contributed by atoms with E-state index in [0.29, 0.717) is 16.9 Å². The van der Waals surface area contributed by atoms with Crippen molar-refractivity contribution in [3.05, 3.63) is 22.7 Å². The lowest BCUT2D eigenvalue weighted by atomic mass is 10.1. The van der Waals surface area contributed by atoms with Crippen LogP contribution in [0, 0.1) is 0 Å².